The highest BCUT2D eigenvalue weighted by atomic mass is 19.4. The van der Waals surface area contributed by atoms with E-state index in [1.807, 2.05) is 11.9 Å². The maximum atomic E-state index is 12.6. The van der Waals surface area contributed by atoms with Crippen LogP contribution in [0.4, 0.5) is 13.2 Å². The molecule has 3 nitrogen and oxygen atoms in total. The number of hydrogen-bond donors (Lipinski definition) is 0. The van der Waals surface area contributed by atoms with Crippen molar-refractivity contribution in [2.24, 2.45) is 0 Å². The van der Waals surface area contributed by atoms with E-state index in [0.717, 1.165) is 18.7 Å². The summed E-state index contributed by atoms with van der Waals surface area (Å²) in [7, 11) is 1.88. The summed E-state index contributed by atoms with van der Waals surface area (Å²) in [4.78, 5) is 14.3. The minimum atomic E-state index is -4.39. The highest BCUT2D eigenvalue weighted by molar-refractivity contribution is 6.01. The lowest BCUT2D eigenvalue weighted by Crippen LogP contribution is -2.44. The van der Waals surface area contributed by atoms with Gasteiger partial charge < -0.3 is 9.64 Å². The van der Waals surface area contributed by atoms with Gasteiger partial charge in [-0.1, -0.05) is 6.07 Å². The summed E-state index contributed by atoms with van der Waals surface area (Å²) in [5.41, 5.74) is -0.131. The SMILES string of the molecule is Cc1cc(C(F)(F)F)ccc1C(=O)C1CN(C)CCO1. The van der Waals surface area contributed by atoms with Gasteiger partial charge in [0.15, 0.2) is 5.78 Å². The predicted octanol–water partition coefficient (Wildman–Crippen LogP) is 2.53. The van der Waals surface area contributed by atoms with Gasteiger partial charge >= 0.3 is 6.18 Å². The number of aryl methyl sites for hydroxylation is 1. The van der Waals surface area contributed by atoms with Crippen molar-refractivity contribution >= 4 is 5.78 Å². The van der Waals surface area contributed by atoms with E-state index in [0.29, 0.717) is 24.3 Å². The van der Waals surface area contributed by atoms with Crippen molar-refractivity contribution in [1.29, 1.82) is 0 Å². The number of hydrogen-bond acceptors (Lipinski definition) is 3. The third-order valence-corrected chi connectivity index (χ3v) is 3.38. The second-order valence-corrected chi connectivity index (χ2v) is 5.01. The number of rotatable bonds is 2. The summed E-state index contributed by atoms with van der Waals surface area (Å²) in [5.74, 6) is -0.261. The van der Waals surface area contributed by atoms with Crippen molar-refractivity contribution in [2.75, 3.05) is 26.7 Å². The van der Waals surface area contributed by atoms with Crippen LogP contribution in [0.15, 0.2) is 18.2 Å². The number of carbonyl (C=O) groups excluding carboxylic acids is 1. The molecule has 0 radical (unpaired) electrons. The Labute approximate surface area is 115 Å². The monoisotopic (exact) mass is 287 g/mol. The molecule has 1 aliphatic rings. The zero-order chi connectivity index (χ0) is 14.9. The maximum absolute atomic E-state index is 12.6. The average molecular weight is 287 g/mol. The Morgan fingerprint density at radius 2 is 2.10 bits per heavy atom. The second kappa shape index (κ2) is 5.54. The summed E-state index contributed by atoms with van der Waals surface area (Å²) in [6, 6.07) is 3.17. The number of morpholine rings is 1. The van der Waals surface area contributed by atoms with Gasteiger partial charge in [-0.25, -0.2) is 0 Å². The molecule has 1 unspecified atom stereocenters. The van der Waals surface area contributed by atoms with E-state index >= 15 is 0 Å². The van der Waals surface area contributed by atoms with Crippen molar-refractivity contribution in [3.63, 3.8) is 0 Å². The summed E-state index contributed by atoms with van der Waals surface area (Å²) in [6.45, 7) is 3.16. The number of Topliss-reactive ketones (excluding diaryl/α,β-unsaturated/α-hetero) is 1. The van der Waals surface area contributed by atoms with Crippen LogP contribution in [-0.2, 0) is 10.9 Å². The lowest BCUT2D eigenvalue weighted by atomic mass is 9.98. The van der Waals surface area contributed by atoms with Gasteiger partial charge in [0.05, 0.1) is 12.2 Å². The lowest BCUT2D eigenvalue weighted by Gasteiger charge is -2.29. The molecule has 20 heavy (non-hydrogen) atoms. The predicted molar refractivity (Wildman–Crippen MR) is 67.7 cm³/mol. The number of likely N-dealkylation sites (N-methyl/N-ethyl adjacent to an activating group) is 1. The first-order valence-electron chi connectivity index (χ1n) is 6.31. The molecule has 1 aromatic rings. The third-order valence-electron chi connectivity index (χ3n) is 3.38. The van der Waals surface area contributed by atoms with Crippen LogP contribution in [0.3, 0.4) is 0 Å². The molecule has 6 heteroatoms. The Balaban J connectivity index is 2.22. The molecule has 1 saturated heterocycles. The van der Waals surface area contributed by atoms with E-state index in [2.05, 4.69) is 0 Å². The molecule has 0 spiro atoms. The van der Waals surface area contributed by atoms with Gasteiger partial charge in [-0.05, 0) is 31.7 Å². The zero-order valence-corrected chi connectivity index (χ0v) is 11.3. The molecule has 1 heterocycles. The van der Waals surface area contributed by atoms with Crippen LogP contribution in [-0.4, -0.2) is 43.5 Å². The Bertz CT molecular complexity index is 514. The van der Waals surface area contributed by atoms with E-state index in [1.165, 1.54) is 13.0 Å². The zero-order valence-electron chi connectivity index (χ0n) is 11.3. The molecule has 1 atom stereocenters. The minimum Gasteiger partial charge on any atom is -0.367 e. The smallest absolute Gasteiger partial charge is 0.367 e. The number of alkyl halides is 3. The van der Waals surface area contributed by atoms with Gasteiger partial charge in [-0.3, -0.25) is 4.79 Å². The van der Waals surface area contributed by atoms with Crippen LogP contribution < -0.4 is 0 Å². The number of carbonyl (C=O) groups is 1. The number of benzene rings is 1. The van der Waals surface area contributed by atoms with Gasteiger partial charge in [0.1, 0.15) is 6.10 Å². The van der Waals surface area contributed by atoms with Crippen molar-refractivity contribution in [1.82, 2.24) is 4.90 Å². The normalized spacial score (nSPS) is 20.9. The molecule has 1 fully saturated rings. The molecule has 0 N–H and O–H groups in total. The molecule has 1 aromatic carbocycles. The molecule has 0 amide bonds. The highest BCUT2D eigenvalue weighted by Gasteiger charge is 2.32. The highest BCUT2D eigenvalue weighted by Crippen LogP contribution is 2.30. The molecular weight excluding hydrogens is 271 g/mol. The lowest BCUT2D eigenvalue weighted by molar-refractivity contribution is -0.137. The quantitative estimate of drug-likeness (QED) is 0.783. The first-order valence-corrected chi connectivity index (χ1v) is 6.31. The van der Waals surface area contributed by atoms with Gasteiger partial charge in [-0.2, -0.15) is 13.2 Å². The standard InChI is InChI=1S/C14H16F3NO2/c1-9-7-10(14(15,16)17)3-4-11(9)13(19)12-8-18(2)5-6-20-12/h3-4,7,12H,5-6,8H2,1-2H3. The maximum Gasteiger partial charge on any atom is 0.416 e. The van der Waals surface area contributed by atoms with E-state index < -0.39 is 17.8 Å². The van der Waals surface area contributed by atoms with E-state index in [4.69, 9.17) is 4.74 Å². The Morgan fingerprint density at radius 3 is 2.65 bits per heavy atom. The summed E-state index contributed by atoms with van der Waals surface area (Å²) < 4.78 is 43.2. The van der Waals surface area contributed by atoms with Crippen molar-refractivity contribution < 1.29 is 22.7 Å². The van der Waals surface area contributed by atoms with E-state index in [9.17, 15) is 18.0 Å². The largest absolute Gasteiger partial charge is 0.416 e. The molecule has 0 saturated carbocycles. The molecule has 1 aliphatic heterocycles. The molecule has 0 aromatic heterocycles. The first-order chi connectivity index (χ1) is 9.29. The number of ether oxygens (including phenoxy) is 1. The Morgan fingerprint density at radius 1 is 1.40 bits per heavy atom. The Kier molecular flexibility index (Phi) is 4.15. The van der Waals surface area contributed by atoms with E-state index in [-0.39, 0.29) is 5.78 Å². The van der Waals surface area contributed by atoms with Crippen LogP contribution in [0.1, 0.15) is 21.5 Å². The Hall–Kier alpha value is -1.40. The van der Waals surface area contributed by atoms with Gasteiger partial charge in [0.2, 0.25) is 0 Å². The van der Waals surface area contributed by atoms with Crippen LogP contribution in [0, 0.1) is 6.92 Å². The van der Waals surface area contributed by atoms with Gasteiger partial charge in [0.25, 0.3) is 0 Å². The number of halogens is 3. The number of ketones is 1. The summed E-state index contributed by atoms with van der Waals surface area (Å²) in [5, 5.41) is 0. The second-order valence-electron chi connectivity index (χ2n) is 5.01. The van der Waals surface area contributed by atoms with Gasteiger partial charge in [-0.15, -0.1) is 0 Å². The molecule has 0 aliphatic carbocycles. The molecule has 110 valence electrons. The fraction of sp³-hybridized carbons (Fsp3) is 0.500. The van der Waals surface area contributed by atoms with Crippen molar-refractivity contribution in [3.05, 3.63) is 34.9 Å². The van der Waals surface area contributed by atoms with Crippen molar-refractivity contribution in [3.8, 4) is 0 Å². The topological polar surface area (TPSA) is 29.5 Å². The van der Waals surface area contributed by atoms with Crippen LogP contribution in [0.5, 0.6) is 0 Å². The average Bonchev–Trinajstić information content (AvgIpc) is 2.36. The summed E-state index contributed by atoms with van der Waals surface area (Å²) in [6.07, 6.45) is -5.00. The fourth-order valence-corrected chi connectivity index (χ4v) is 2.23. The molecular formula is C14H16F3NO2. The van der Waals surface area contributed by atoms with Crippen molar-refractivity contribution in [2.45, 2.75) is 19.2 Å². The molecule has 2 rings (SSSR count). The van der Waals surface area contributed by atoms with Crippen LogP contribution in [0.25, 0.3) is 0 Å². The molecule has 0 bridgehead atoms. The number of nitrogens with zero attached hydrogens (tertiary/aromatic N) is 1. The van der Waals surface area contributed by atoms with Gasteiger partial charge in [0, 0.05) is 18.7 Å². The van der Waals surface area contributed by atoms with E-state index in [1.54, 1.807) is 0 Å². The third kappa shape index (κ3) is 3.19. The minimum absolute atomic E-state index is 0.261. The first kappa shape index (κ1) is 15.0. The van der Waals surface area contributed by atoms with Crippen LogP contribution in [0.2, 0.25) is 0 Å². The fourth-order valence-electron chi connectivity index (χ4n) is 2.23. The summed E-state index contributed by atoms with van der Waals surface area (Å²) >= 11 is 0. The van der Waals surface area contributed by atoms with Crippen LogP contribution >= 0.6 is 0 Å².